The van der Waals surface area contributed by atoms with Crippen molar-refractivity contribution in [1.29, 1.82) is 0 Å². The van der Waals surface area contributed by atoms with Crippen LogP contribution in [-0.2, 0) is 0 Å². The molecule has 1 saturated heterocycles. The van der Waals surface area contributed by atoms with E-state index in [1.807, 2.05) is 12.1 Å². The number of imidazole rings is 1. The van der Waals surface area contributed by atoms with Crippen LogP contribution in [-0.4, -0.2) is 46.1 Å². The largest absolute Gasteiger partial charge is 0.491 e. The molecule has 0 bridgehead atoms. The number of aromatic amines is 1. The number of pyridine rings is 1. The number of benzene rings is 1. The minimum Gasteiger partial charge on any atom is -0.491 e. The van der Waals surface area contributed by atoms with Crippen LogP contribution < -0.4 is 4.74 Å². The lowest BCUT2D eigenvalue weighted by Crippen LogP contribution is -2.33. The van der Waals surface area contributed by atoms with Gasteiger partial charge in [-0.3, -0.25) is 4.90 Å². The van der Waals surface area contributed by atoms with Crippen molar-refractivity contribution in [2.75, 3.05) is 26.2 Å². The van der Waals surface area contributed by atoms with Gasteiger partial charge in [0.25, 0.3) is 0 Å². The summed E-state index contributed by atoms with van der Waals surface area (Å²) in [5.41, 5.74) is 4.04. The number of aromatic nitrogens is 3. The Morgan fingerprint density at radius 1 is 1.12 bits per heavy atom. The van der Waals surface area contributed by atoms with Crippen LogP contribution in [0.15, 0.2) is 36.5 Å². The molecule has 0 atom stereocenters. The van der Waals surface area contributed by atoms with Crippen molar-refractivity contribution in [2.45, 2.75) is 26.2 Å². The van der Waals surface area contributed by atoms with Crippen molar-refractivity contribution in [1.82, 2.24) is 19.9 Å². The van der Waals surface area contributed by atoms with Gasteiger partial charge in [-0.25, -0.2) is 9.97 Å². The minimum atomic E-state index is 0.713. The molecule has 5 heteroatoms. The van der Waals surface area contributed by atoms with Gasteiger partial charge >= 0.3 is 0 Å². The Kier molecular flexibility index (Phi) is 4.65. The number of hydrogen-bond acceptors (Lipinski definition) is 4. The van der Waals surface area contributed by atoms with Gasteiger partial charge in [0.15, 0.2) is 5.82 Å². The molecule has 0 spiro atoms. The molecule has 130 valence electrons. The predicted octanol–water partition coefficient (Wildman–Crippen LogP) is 3.80. The molecule has 1 N–H and O–H groups in total. The number of likely N-dealkylation sites (tertiary alicyclic amines) is 1. The van der Waals surface area contributed by atoms with Gasteiger partial charge in [-0.1, -0.05) is 12.5 Å². The zero-order chi connectivity index (χ0) is 17.1. The second kappa shape index (κ2) is 7.23. The summed E-state index contributed by atoms with van der Waals surface area (Å²) in [7, 11) is 0. The Hall–Kier alpha value is -2.40. The van der Waals surface area contributed by atoms with Gasteiger partial charge in [-0.05, 0) is 62.7 Å². The summed E-state index contributed by atoms with van der Waals surface area (Å²) in [6, 6.07) is 10.1. The molecule has 3 heterocycles. The summed E-state index contributed by atoms with van der Waals surface area (Å²) >= 11 is 0. The molecule has 1 aliphatic heterocycles. The van der Waals surface area contributed by atoms with Gasteiger partial charge in [0.2, 0.25) is 0 Å². The van der Waals surface area contributed by atoms with Crippen LogP contribution in [0.1, 0.15) is 24.8 Å². The van der Waals surface area contributed by atoms with Crippen LogP contribution in [0.2, 0.25) is 0 Å². The van der Waals surface area contributed by atoms with E-state index < -0.39 is 0 Å². The summed E-state index contributed by atoms with van der Waals surface area (Å²) in [6.07, 6.45) is 5.77. The van der Waals surface area contributed by atoms with E-state index in [1.54, 1.807) is 6.20 Å². The van der Waals surface area contributed by atoms with E-state index in [0.717, 1.165) is 34.8 Å². The Labute approximate surface area is 148 Å². The number of H-pyrrole nitrogens is 1. The fraction of sp³-hybridized carbons (Fsp3) is 0.400. The minimum absolute atomic E-state index is 0.713. The molecule has 0 amide bonds. The van der Waals surface area contributed by atoms with Gasteiger partial charge in [-0.15, -0.1) is 0 Å². The van der Waals surface area contributed by atoms with E-state index >= 15 is 0 Å². The SMILES string of the molecule is Cc1ccc2[nH]c(-c3ccc(OCCN4CCCCC4)cn3)nc2c1. The highest BCUT2D eigenvalue weighted by Gasteiger charge is 2.10. The standard InChI is InChI=1S/C20H24N4O/c1-15-5-7-17-19(13-15)23-20(22-17)18-8-6-16(14-21-18)25-12-11-24-9-3-2-4-10-24/h5-8,13-14H,2-4,9-12H2,1H3,(H,22,23). The molecular weight excluding hydrogens is 312 g/mol. The second-order valence-electron chi connectivity index (χ2n) is 6.74. The van der Waals surface area contributed by atoms with Gasteiger partial charge in [0.05, 0.1) is 17.2 Å². The first-order chi connectivity index (χ1) is 12.3. The van der Waals surface area contributed by atoms with E-state index in [1.165, 1.54) is 37.9 Å². The third kappa shape index (κ3) is 3.82. The Morgan fingerprint density at radius 3 is 2.80 bits per heavy atom. The molecule has 0 radical (unpaired) electrons. The summed E-state index contributed by atoms with van der Waals surface area (Å²) < 4.78 is 5.84. The number of nitrogens with one attached hydrogen (secondary N) is 1. The summed E-state index contributed by atoms with van der Waals surface area (Å²) in [5, 5.41) is 0. The summed E-state index contributed by atoms with van der Waals surface area (Å²) in [6.45, 7) is 6.18. The van der Waals surface area contributed by atoms with Crippen LogP contribution in [0.4, 0.5) is 0 Å². The van der Waals surface area contributed by atoms with Gasteiger partial charge < -0.3 is 9.72 Å². The Bertz CT molecular complexity index is 835. The lowest BCUT2D eigenvalue weighted by molar-refractivity contribution is 0.183. The quantitative estimate of drug-likeness (QED) is 0.770. The smallest absolute Gasteiger partial charge is 0.157 e. The summed E-state index contributed by atoms with van der Waals surface area (Å²) in [4.78, 5) is 14.9. The highest BCUT2D eigenvalue weighted by atomic mass is 16.5. The highest BCUT2D eigenvalue weighted by Crippen LogP contribution is 2.21. The number of aryl methyl sites for hydroxylation is 1. The Balaban J connectivity index is 1.38. The topological polar surface area (TPSA) is 54.0 Å². The number of fused-ring (bicyclic) bond motifs is 1. The number of piperidine rings is 1. The van der Waals surface area contributed by atoms with Crippen molar-refractivity contribution in [2.24, 2.45) is 0 Å². The zero-order valence-corrected chi connectivity index (χ0v) is 14.7. The molecular formula is C20H24N4O. The fourth-order valence-electron chi connectivity index (χ4n) is 3.32. The normalized spacial score (nSPS) is 15.6. The van der Waals surface area contributed by atoms with Crippen LogP contribution in [0.5, 0.6) is 5.75 Å². The molecule has 1 aromatic carbocycles. The first-order valence-corrected chi connectivity index (χ1v) is 9.06. The average Bonchev–Trinajstić information content (AvgIpc) is 3.06. The number of hydrogen-bond donors (Lipinski definition) is 1. The lowest BCUT2D eigenvalue weighted by Gasteiger charge is -2.26. The molecule has 2 aromatic heterocycles. The number of nitrogens with zero attached hydrogens (tertiary/aromatic N) is 3. The molecule has 1 fully saturated rings. The maximum atomic E-state index is 5.84. The molecule has 0 unspecified atom stereocenters. The zero-order valence-electron chi connectivity index (χ0n) is 14.7. The van der Waals surface area contributed by atoms with Crippen molar-refractivity contribution >= 4 is 11.0 Å². The molecule has 1 aliphatic rings. The van der Waals surface area contributed by atoms with E-state index in [0.29, 0.717) is 6.61 Å². The maximum absolute atomic E-state index is 5.84. The van der Waals surface area contributed by atoms with E-state index in [2.05, 4.69) is 45.0 Å². The lowest BCUT2D eigenvalue weighted by atomic mass is 10.1. The molecule has 5 nitrogen and oxygen atoms in total. The van der Waals surface area contributed by atoms with Gasteiger partial charge in [-0.2, -0.15) is 0 Å². The molecule has 0 saturated carbocycles. The highest BCUT2D eigenvalue weighted by molar-refractivity contribution is 5.79. The summed E-state index contributed by atoms with van der Waals surface area (Å²) in [5.74, 6) is 1.60. The van der Waals surface area contributed by atoms with Crippen molar-refractivity contribution < 1.29 is 4.74 Å². The van der Waals surface area contributed by atoms with Crippen LogP contribution in [0.25, 0.3) is 22.6 Å². The monoisotopic (exact) mass is 336 g/mol. The van der Waals surface area contributed by atoms with Crippen LogP contribution >= 0.6 is 0 Å². The predicted molar refractivity (Wildman–Crippen MR) is 99.8 cm³/mol. The maximum Gasteiger partial charge on any atom is 0.157 e. The Morgan fingerprint density at radius 2 is 2.00 bits per heavy atom. The van der Waals surface area contributed by atoms with Crippen molar-refractivity contribution in [3.8, 4) is 17.3 Å². The molecule has 25 heavy (non-hydrogen) atoms. The second-order valence-corrected chi connectivity index (χ2v) is 6.74. The van der Waals surface area contributed by atoms with Gasteiger partial charge in [0.1, 0.15) is 18.1 Å². The third-order valence-electron chi connectivity index (χ3n) is 4.74. The average molecular weight is 336 g/mol. The van der Waals surface area contributed by atoms with Crippen molar-refractivity contribution in [3.05, 3.63) is 42.1 Å². The van der Waals surface area contributed by atoms with E-state index in [4.69, 9.17) is 4.74 Å². The fourth-order valence-corrected chi connectivity index (χ4v) is 3.32. The van der Waals surface area contributed by atoms with Gasteiger partial charge in [0, 0.05) is 6.54 Å². The molecule has 0 aliphatic carbocycles. The van der Waals surface area contributed by atoms with E-state index in [9.17, 15) is 0 Å². The number of ether oxygens (including phenoxy) is 1. The third-order valence-corrected chi connectivity index (χ3v) is 4.74. The molecule has 4 rings (SSSR count). The van der Waals surface area contributed by atoms with Crippen LogP contribution in [0.3, 0.4) is 0 Å². The van der Waals surface area contributed by atoms with Crippen molar-refractivity contribution in [3.63, 3.8) is 0 Å². The first kappa shape index (κ1) is 16.1. The van der Waals surface area contributed by atoms with E-state index in [-0.39, 0.29) is 0 Å². The number of rotatable bonds is 5. The van der Waals surface area contributed by atoms with Crippen LogP contribution in [0, 0.1) is 6.92 Å². The first-order valence-electron chi connectivity index (χ1n) is 9.06. The molecule has 3 aromatic rings.